The van der Waals surface area contributed by atoms with Crippen LogP contribution < -0.4 is 0 Å². The largest absolute Gasteiger partial charge is 0.481 e. The first-order chi connectivity index (χ1) is 5.90. The first-order valence-electron chi connectivity index (χ1n) is 4.40. The van der Waals surface area contributed by atoms with Crippen LogP contribution in [0, 0.1) is 5.41 Å². The molecule has 0 saturated carbocycles. The van der Waals surface area contributed by atoms with Gasteiger partial charge in [-0.15, -0.1) is 0 Å². The summed E-state index contributed by atoms with van der Waals surface area (Å²) in [6.07, 6.45) is 0.346. The molecule has 1 aliphatic rings. The number of carboxylic acids is 1. The molecule has 1 fully saturated rings. The molecule has 1 N–H and O–H groups in total. The van der Waals surface area contributed by atoms with E-state index in [-0.39, 0.29) is 12.8 Å². The molecule has 3 nitrogen and oxygen atoms in total. The number of halogens is 1. The molecule has 0 bridgehead atoms. The number of hydrogen-bond acceptors (Lipinski definition) is 2. The molecule has 0 atom stereocenters. The van der Waals surface area contributed by atoms with E-state index >= 15 is 0 Å². The Morgan fingerprint density at radius 2 is 1.92 bits per heavy atom. The van der Waals surface area contributed by atoms with E-state index in [4.69, 9.17) is 9.84 Å². The van der Waals surface area contributed by atoms with Gasteiger partial charge in [-0.2, -0.15) is 0 Å². The average molecular weight is 190 g/mol. The van der Waals surface area contributed by atoms with Crippen molar-refractivity contribution in [1.82, 2.24) is 0 Å². The Balaban J connectivity index is 2.82. The van der Waals surface area contributed by atoms with Gasteiger partial charge in [-0.25, -0.2) is 4.39 Å². The van der Waals surface area contributed by atoms with Crippen LogP contribution >= 0.6 is 0 Å². The summed E-state index contributed by atoms with van der Waals surface area (Å²) < 4.78 is 19.1. The lowest BCUT2D eigenvalue weighted by molar-refractivity contribution is -0.163. The first kappa shape index (κ1) is 10.4. The van der Waals surface area contributed by atoms with Gasteiger partial charge in [0.25, 0.3) is 0 Å². The fraction of sp³-hybridized carbons (Fsp3) is 0.889. The topological polar surface area (TPSA) is 46.5 Å². The summed E-state index contributed by atoms with van der Waals surface area (Å²) >= 11 is 0. The lowest BCUT2D eigenvalue weighted by Crippen LogP contribution is -2.49. The van der Waals surface area contributed by atoms with Gasteiger partial charge in [-0.05, 0) is 13.8 Å². The zero-order chi connectivity index (χ0) is 10.1. The maximum absolute atomic E-state index is 14.1. The molecule has 1 saturated heterocycles. The summed E-state index contributed by atoms with van der Waals surface area (Å²) in [4.78, 5) is 10.8. The second-order valence-corrected chi connectivity index (χ2v) is 4.01. The molecule has 13 heavy (non-hydrogen) atoms. The molecule has 76 valence electrons. The summed E-state index contributed by atoms with van der Waals surface area (Å²) in [6.45, 7) is 3.49. The molecule has 1 heterocycles. The first-order valence-corrected chi connectivity index (χ1v) is 4.40. The van der Waals surface area contributed by atoms with Crippen molar-refractivity contribution in [2.75, 3.05) is 13.2 Å². The Morgan fingerprint density at radius 3 is 2.31 bits per heavy atom. The molecule has 4 heteroatoms. The van der Waals surface area contributed by atoms with Crippen molar-refractivity contribution in [1.29, 1.82) is 0 Å². The van der Waals surface area contributed by atoms with Gasteiger partial charge in [0.05, 0.1) is 5.41 Å². The van der Waals surface area contributed by atoms with Crippen molar-refractivity contribution in [3.8, 4) is 0 Å². The van der Waals surface area contributed by atoms with Crippen LogP contribution in [0.4, 0.5) is 4.39 Å². The molecule has 0 aromatic carbocycles. The summed E-state index contributed by atoms with van der Waals surface area (Å²) in [6, 6.07) is 0. The third kappa shape index (κ3) is 1.68. The van der Waals surface area contributed by atoms with Crippen molar-refractivity contribution in [2.45, 2.75) is 32.4 Å². The standard InChI is InChI=1S/C9H15FO3/c1-8(2,7(11)12)9(10)3-5-13-6-4-9/h3-6H2,1-2H3,(H,11,12). The van der Waals surface area contributed by atoms with Crippen molar-refractivity contribution >= 4 is 5.97 Å². The summed E-state index contributed by atoms with van der Waals surface area (Å²) in [7, 11) is 0. The highest BCUT2D eigenvalue weighted by Crippen LogP contribution is 2.42. The molecule has 0 spiro atoms. The van der Waals surface area contributed by atoms with Crippen molar-refractivity contribution in [3.05, 3.63) is 0 Å². The zero-order valence-electron chi connectivity index (χ0n) is 7.97. The summed E-state index contributed by atoms with van der Waals surface area (Å²) in [5.41, 5.74) is -2.95. The Labute approximate surface area is 76.9 Å². The number of carbonyl (C=O) groups is 1. The van der Waals surface area contributed by atoms with Crippen LogP contribution in [0.5, 0.6) is 0 Å². The fourth-order valence-electron chi connectivity index (χ4n) is 1.51. The van der Waals surface area contributed by atoms with Crippen LogP contribution in [0.15, 0.2) is 0 Å². The van der Waals surface area contributed by atoms with Gasteiger partial charge in [0.2, 0.25) is 0 Å². The summed E-state index contributed by atoms with van der Waals surface area (Å²) in [5.74, 6) is -1.09. The Hall–Kier alpha value is -0.640. The molecule has 0 aromatic heterocycles. The maximum Gasteiger partial charge on any atom is 0.312 e. The van der Waals surface area contributed by atoms with E-state index in [1.54, 1.807) is 0 Å². The summed E-state index contributed by atoms with van der Waals surface area (Å²) in [5, 5.41) is 8.88. The molecular weight excluding hydrogens is 175 g/mol. The Morgan fingerprint density at radius 1 is 1.46 bits per heavy atom. The Bertz CT molecular complexity index is 207. The van der Waals surface area contributed by atoms with Crippen LogP contribution in [-0.4, -0.2) is 30.0 Å². The highest BCUT2D eigenvalue weighted by Gasteiger charge is 2.51. The minimum atomic E-state index is -1.63. The van der Waals surface area contributed by atoms with E-state index in [1.807, 2.05) is 0 Å². The number of carboxylic acid groups (broad SMARTS) is 1. The van der Waals surface area contributed by atoms with Gasteiger partial charge in [-0.1, -0.05) is 0 Å². The van der Waals surface area contributed by atoms with E-state index in [0.29, 0.717) is 13.2 Å². The third-order valence-electron chi connectivity index (χ3n) is 2.94. The smallest absolute Gasteiger partial charge is 0.312 e. The minimum absolute atomic E-state index is 0.173. The van der Waals surface area contributed by atoms with Gasteiger partial charge in [0, 0.05) is 26.1 Å². The second kappa shape index (κ2) is 3.25. The van der Waals surface area contributed by atoms with Gasteiger partial charge in [0.1, 0.15) is 5.67 Å². The predicted molar refractivity (Wildman–Crippen MR) is 45.3 cm³/mol. The molecule has 0 amide bonds. The van der Waals surface area contributed by atoms with E-state index < -0.39 is 17.1 Å². The van der Waals surface area contributed by atoms with Gasteiger partial charge >= 0.3 is 5.97 Å². The van der Waals surface area contributed by atoms with E-state index in [1.165, 1.54) is 13.8 Å². The SMILES string of the molecule is CC(C)(C(=O)O)C1(F)CCOCC1. The van der Waals surface area contributed by atoms with Crippen molar-refractivity contribution in [2.24, 2.45) is 5.41 Å². The monoisotopic (exact) mass is 190 g/mol. The molecule has 0 aromatic rings. The van der Waals surface area contributed by atoms with Crippen LogP contribution in [0.3, 0.4) is 0 Å². The zero-order valence-corrected chi connectivity index (χ0v) is 7.97. The molecule has 1 aliphatic heterocycles. The number of alkyl halides is 1. The lowest BCUT2D eigenvalue weighted by Gasteiger charge is -2.39. The van der Waals surface area contributed by atoms with Gasteiger partial charge in [0.15, 0.2) is 0 Å². The highest BCUT2D eigenvalue weighted by atomic mass is 19.1. The van der Waals surface area contributed by atoms with Crippen molar-refractivity contribution in [3.63, 3.8) is 0 Å². The molecule has 0 radical (unpaired) electrons. The molecule has 1 rings (SSSR count). The third-order valence-corrected chi connectivity index (χ3v) is 2.94. The van der Waals surface area contributed by atoms with Crippen LogP contribution in [0.1, 0.15) is 26.7 Å². The van der Waals surface area contributed by atoms with E-state index in [2.05, 4.69) is 0 Å². The Kier molecular flexibility index (Phi) is 2.61. The average Bonchev–Trinajstić information content (AvgIpc) is 2.05. The number of ether oxygens (including phenoxy) is 1. The number of hydrogen-bond donors (Lipinski definition) is 1. The highest BCUT2D eigenvalue weighted by molar-refractivity contribution is 5.75. The number of rotatable bonds is 2. The van der Waals surface area contributed by atoms with Gasteiger partial charge in [-0.3, -0.25) is 4.79 Å². The van der Waals surface area contributed by atoms with Crippen LogP contribution in [0.25, 0.3) is 0 Å². The maximum atomic E-state index is 14.1. The van der Waals surface area contributed by atoms with Crippen molar-refractivity contribution < 1.29 is 19.0 Å². The van der Waals surface area contributed by atoms with Gasteiger partial charge < -0.3 is 9.84 Å². The predicted octanol–water partition coefficient (Wildman–Crippen LogP) is 1.62. The fourth-order valence-corrected chi connectivity index (χ4v) is 1.51. The molecular formula is C9H15FO3. The molecule has 0 aliphatic carbocycles. The lowest BCUT2D eigenvalue weighted by atomic mass is 9.72. The van der Waals surface area contributed by atoms with Crippen LogP contribution in [0.2, 0.25) is 0 Å². The molecule has 0 unspecified atom stereocenters. The second-order valence-electron chi connectivity index (χ2n) is 4.01. The number of aliphatic carboxylic acids is 1. The van der Waals surface area contributed by atoms with E-state index in [0.717, 1.165) is 0 Å². The van der Waals surface area contributed by atoms with Crippen LogP contribution in [-0.2, 0) is 9.53 Å². The quantitative estimate of drug-likeness (QED) is 0.719. The van der Waals surface area contributed by atoms with E-state index in [9.17, 15) is 9.18 Å². The minimum Gasteiger partial charge on any atom is -0.481 e. The normalized spacial score (nSPS) is 22.7.